The van der Waals surface area contributed by atoms with Gasteiger partial charge in [-0.15, -0.1) is 0 Å². The average Bonchev–Trinajstić information content (AvgIpc) is 3.21. The minimum atomic E-state index is -1.77. The molecule has 63 heavy (non-hydrogen) atoms. The van der Waals surface area contributed by atoms with E-state index in [1.165, 1.54) is 14.0 Å². The van der Waals surface area contributed by atoms with Crippen LogP contribution >= 0.6 is 11.6 Å². The zero-order chi connectivity index (χ0) is 47.4. The number of nitrogens with one attached hydrogen (secondary N) is 1. The van der Waals surface area contributed by atoms with E-state index in [0.717, 1.165) is 13.0 Å². The van der Waals surface area contributed by atoms with Crippen molar-refractivity contribution in [3.63, 3.8) is 0 Å². The minimum Gasteiger partial charge on any atom is -0.459 e. The molecule has 0 amide bonds. The van der Waals surface area contributed by atoms with E-state index in [2.05, 4.69) is 42.9 Å². The number of methoxy groups -OCH3 is 1. The molecule has 3 aliphatic heterocycles. The molecule has 4 heterocycles. The molecule has 1 aromatic rings. The van der Waals surface area contributed by atoms with E-state index in [1.807, 2.05) is 53.6 Å². The largest absolute Gasteiger partial charge is 0.459 e. The second kappa shape index (κ2) is 21.9. The number of halogens is 1. The predicted octanol–water partition coefficient (Wildman–Crippen LogP) is 5.49. The number of pyridine rings is 1. The van der Waals surface area contributed by atoms with Crippen molar-refractivity contribution in [1.82, 2.24) is 14.8 Å². The van der Waals surface area contributed by atoms with Crippen LogP contribution in [0.15, 0.2) is 18.3 Å². The summed E-state index contributed by atoms with van der Waals surface area (Å²) in [7, 11) is 5.41. The van der Waals surface area contributed by atoms with Gasteiger partial charge in [0.2, 0.25) is 0 Å². The van der Waals surface area contributed by atoms with Gasteiger partial charge in [0.25, 0.3) is 0 Å². The topological polar surface area (TPSA) is 185 Å². The lowest BCUT2D eigenvalue weighted by atomic mass is 9.72. The monoisotopic (exact) mass is 915 g/mol. The van der Waals surface area contributed by atoms with E-state index in [1.54, 1.807) is 32.2 Å². The van der Waals surface area contributed by atoms with Crippen LogP contribution in [0.1, 0.15) is 115 Å². The normalized spacial score (nSPS) is 42.6. The number of rotatable bonds is 12. The molecule has 0 unspecified atom stereocenters. The second-order valence-electron chi connectivity index (χ2n) is 20.4. The van der Waals surface area contributed by atoms with Crippen LogP contribution < -0.4 is 5.32 Å². The van der Waals surface area contributed by atoms with E-state index >= 15 is 0 Å². The van der Waals surface area contributed by atoms with Gasteiger partial charge < -0.3 is 64.0 Å². The number of anilines is 1. The fraction of sp³-hybridized carbons (Fsp3) is 0.872. The molecule has 0 aromatic carbocycles. The third kappa shape index (κ3) is 12.2. The first-order chi connectivity index (χ1) is 29.3. The van der Waals surface area contributed by atoms with Crippen molar-refractivity contribution in [2.24, 2.45) is 23.2 Å². The molecule has 0 spiro atoms. The van der Waals surface area contributed by atoms with Crippen LogP contribution in [0.2, 0.25) is 5.15 Å². The van der Waals surface area contributed by atoms with Crippen LogP contribution in [0.4, 0.5) is 5.69 Å². The molecule has 0 radical (unpaired) electrons. The average molecular weight is 916 g/mol. The Morgan fingerprint density at radius 2 is 1.68 bits per heavy atom. The third-order valence-corrected chi connectivity index (χ3v) is 14.8. The summed E-state index contributed by atoms with van der Waals surface area (Å²) in [5.41, 5.74) is -4.51. The molecular weight excluding hydrogens is 832 g/mol. The van der Waals surface area contributed by atoms with Crippen LogP contribution in [0.3, 0.4) is 0 Å². The minimum absolute atomic E-state index is 0.00957. The summed E-state index contributed by atoms with van der Waals surface area (Å²) in [6, 6.07) is 3.18. The standard InChI is InChI=1S/C47H83ClN4O11/c1-16-20-52-25-27(3)40(54)46(12,56)35(17-2)61-42(55)31(7)39(30(6)41(44(9,10)23-28(52)4)63-43-38(53)34(51(13)14)21-29(5)59-43)62-37-24-45(11,58-15)47(57,32(8)60-37)26-50-33-18-19-49-36(48)22-33/h18-19,22,27-32,34-35,37-41,43,53-54,56-57H,16-17,20-21,23-26H2,1-15H3,(H,49,50)/t27-,28+,29+,30-,31+,32-,34-,35+,37+,38+,39+,40+,41+,43-,45-,46+,47+/m0/s1. The van der Waals surface area contributed by atoms with Crippen molar-refractivity contribution in [3.8, 4) is 0 Å². The van der Waals surface area contributed by atoms with Gasteiger partial charge in [-0.2, -0.15) is 0 Å². The number of nitrogens with zero attached hydrogens (tertiary/aromatic N) is 3. The molecular formula is C47H83ClN4O11. The van der Waals surface area contributed by atoms with Crippen molar-refractivity contribution in [2.75, 3.05) is 46.2 Å². The maximum Gasteiger partial charge on any atom is 0.311 e. The number of carbonyl (C=O) groups is 1. The number of carbonyl (C=O) groups excluding carboxylic acids is 1. The van der Waals surface area contributed by atoms with E-state index in [4.69, 9.17) is 40.0 Å². The summed E-state index contributed by atoms with van der Waals surface area (Å²) >= 11 is 6.15. The Bertz CT molecular complexity index is 1610. The molecule has 15 nitrogen and oxygen atoms in total. The Labute approximate surface area is 382 Å². The number of aliphatic hydroxyl groups is 4. The first-order valence-corrected chi connectivity index (χ1v) is 23.6. The quantitative estimate of drug-likeness (QED) is 0.131. The van der Waals surface area contributed by atoms with Crippen LogP contribution in [-0.2, 0) is 33.2 Å². The molecule has 1 aromatic heterocycles. The molecule has 17 atom stereocenters. The van der Waals surface area contributed by atoms with Gasteiger partial charge in [0.15, 0.2) is 12.6 Å². The number of aromatic nitrogens is 1. The Morgan fingerprint density at radius 1 is 1.02 bits per heavy atom. The molecule has 0 aliphatic carbocycles. The van der Waals surface area contributed by atoms with Crippen LogP contribution in [0.25, 0.3) is 0 Å². The Balaban J connectivity index is 1.83. The van der Waals surface area contributed by atoms with Crippen molar-refractivity contribution in [2.45, 2.75) is 199 Å². The highest BCUT2D eigenvalue weighted by molar-refractivity contribution is 6.29. The van der Waals surface area contributed by atoms with Gasteiger partial charge in [-0.3, -0.25) is 4.79 Å². The summed E-state index contributed by atoms with van der Waals surface area (Å²) in [5.74, 6) is -2.53. The fourth-order valence-corrected chi connectivity index (χ4v) is 10.8. The Kier molecular flexibility index (Phi) is 18.8. The van der Waals surface area contributed by atoms with Gasteiger partial charge in [-0.05, 0) is 111 Å². The van der Waals surface area contributed by atoms with Gasteiger partial charge in [-0.25, -0.2) is 4.98 Å². The molecule has 16 heteroatoms. The van der Waals surface area contributed by atoms with E-state index in [9.17, 15) is 25.2 Å². The molecule has 5 N–H and O–H groups in total. The van der Waals surface area contributed by atoms with Crippen LogP contribution in [0.5, 0.6) is 0 Å². The molecule has 3 saturated heterocycles. The summed E-state index contributed by atoms with van der Waals surface area (Å²) in [5, 5.41) is 51.5. The smallest absolute Gasteiger partial charge is 0.311 e. The summed E-state index contributed by atoms with van der Waals surface area (Å²) in [4.78, 5) is 23.0. The molecule has 0 bridgehead atoms. The maximum atomic E-state index is 14.6. The van der Waals surface area contributed by atoms with Gasteiger partial charge in [0.05, 0.1) is 36.4 Å². The zero-order valence-corrected chi connectivity index (χ0v) is 41.6. The number of hydrogen-bond acceptors (Lipinski definition) is 15. The molecule has 0 saturated carbocycles. The second-order valence-corrected chi connectivity index (χ2v) is 20.8. The van der Waals surface area contributed by atoms with Crippen molar-refractivity contribution >= 4 is 23.3 Å². The maximum absolute atomic E-state index is 14.6. The lowest BCUT2D eigenvalue weighted by Gasteiger charge is -2.54. The lowest BCUT2D eigenvalue weighted by molar-refractivity contribution is -0.333. The van der Waals surface area contributed by atoms with Crippen LogP contribution in [0, 0.1) is 23.2 Å². The number of aliphatic hydroxyl groups excluding tert-OH is 2. The van der Waals surface area contributed by atoms with Gasteiger partial charge in [0, 0.05) is 56.5 Å². The molecule has 4 rings (SSSR count). The lowest BCUT2D eigenvalue weighted by Crippen LogP contribution is -2.69. The van der Waals surface area contributed by atoms with E-state index in [0.29, 0.717) is 30.2 Å². The number of esters is 1. The molecule has 3 aliphatic rings. The first kappa shape index (κ1) is 53.9. The number of ether oxygens (including phenoxy) is 6. The first-order valence-electron chi connectivity index (χ1n) is 23.2. The highest BCUT2D eigenvalue weighted by atomic mass is 35.5. The summed E-state index contributed by atoms with van der Waals surface area (Å²) < 4.78 is 39.5. The van der Waals surface area contributed by atoms with Crippen molar-refractivity contribution in [3.05, 3.63) is 23.5 Å². The van der Waals surface area contributed by atoms with Gasteiger partial charge in [0.1, 0.15) is 34.2 Å². The van der Waals surface area contributed by atoms with E-state index < -0.39 is 89.2 Å². The third-order valence-electron chi connectivity index (χ3n) is 14.6. The predicted molar refractivity (Wildman–Crippen MR) is 243 cm³/mol. The van der Waals surface area contributed by atoms with Crippen molar-refractivity contribution < 1.29 is 53.6 Å². The number of cyclic esters (lactones) is 1. The number of likely N-dealkylation sites (N-methyl/N-ethyl adjacent to an activating group) is 1. The highest BCUT2D eigenvalue weighted by Gasteiger charge is 2.58. The molecule has 364 valence electrons. The zero-order valence-electron chi connectivity index (χ0n) is 40.8. The summed E-state index contributed by atoms with van der Waals surface area (Å²) in [6.45, 7) is 24.4. The van der Waals surface area contributed by atoms with E-state index in [-0.39, 0.29) is 43.5 Å². The molecule has 3 fully saturated rings. The number of hydrogen-bond donors (Lipinski definition) is 5. The SMILES string of the molecule is CCCN1C[C@H](C)[C@@H](O)[C@](C)(O)[C@@H](CC)OC(=O)[C@H](C)[C@H](O[C@@H]2C[C@](C)(OC)[C@@](O)(CNc3ccnc(Cl)c3)[C@H](C)O2)[C@H](C)[C@@H](O[C@@H]2O[C@H](C)C[C@H](N(C)C)[C@H]2O)C(C)(C)C[C@H]1C. The van der Waals surface area contributed by atoms with Gasteiger partial charge >= 0.3 is 5.97 Å². The van der Waals surface area contributed by atoms with Gasteiger partial charge in [-0.1, -0.05) is 53.1 Å². The Morgan fingerprint density at radius 3 is 2.27 bits per heavy atom. The Hall–Kier alpha value is -1.73. The summed E-state index contributed by atoms with van der Waals surface area (Å²) in [6.07, 6.45) is -3.81. The van der Waals surface area contributed by atoms with Crippen LogP contribution in [-0.4, -0.2) is 166 Å². The fourth-order valence-electron chi connectivity index (χ4n) is 10.6. The highest BCUT2D eigenvalue weighted by Crippen LogP contribution is 2.45. The van der Waals surface area contributed by atoms with Crippen molar-refractivity contribution in [1.29, 1.82) is 0 Å².